The first-order valence-electron chi connectivity index (χ1n) is 7.89. The van der Waals surface area contributed by atoms with Crippen LogP contribution in [0.15, 0.2) is 52.8 Å². The SMILES string of the molecule is C=C(Cl)CN(C(=O)c1ccc(C)[nH]c1=O)[C@H]1CCc2ccccc21. The highest BCUT2D eigenvalue weighted by Crippen LogP contribution is 2.36. The highest BCUT2D eigenvalue weighted by molar-refractivity contribution is 6.29. The van der Waals surface area contributed by atoms with E-state index in [4.69, 9.17) is 11.6 Å². The number of amides is 1. The minimum Gasteiger partial charge on any atom is -0.326 e. The van der Waals surface area contributed by atoms with Crippen molar-refractivity contribution in [2.45, 2.75) is 25.8 Å². The molecule has 3 rings (SSSR count). The van der Waals surface area contributed by atoms with Gasteiger partial charge < -0.3 is 9.88 Å². The lowest BCUT2D eigenvalue weighted by atomic mass is 10.1. The molecule has 1 amide bonds. The minimum atomic E-state index is -0.378. The Morgan fingerprint density at radius 1 is 1.33 bits per heavy atom. The van der Waals surface area contributed by atoms with E-state index in [1.807, 2.05) is 18.2 Å². The molecule has 0 bridgehead atoms. The van der Waals surface area contributed by atoms with Gasteiger partial charge in [0.1, 0.15) is 5.56 Å². The van der Waals surface area contributed by atoms with E-state index in [0.717, 1.165) is 24.1 Å². The number of carbonyl (C=O) groups excluding carboxylic acids is 1. The van der Waals surface area contributed by atoms with Crippen molar-refractivity contribution in [3.05, 3.63) is 80.7 Å². The lowest BCUT2D eigenvalue weighted by Gasteiger charge is -2.29. The van der Waals surface area contributed by atoms with Crippen LogP contribution in [0.25, 0.3) is 0 Å². The zero-order valence-electron chi connectivity index (χ0n) is 13.5. The highest BCUT2D eigenvalue weighted by Gasteiger charge is 2.32. The summed E-state index contributed by atoms with van der Waals surface area (Å²) in [6, 6.07) is 11.3. The van der Waals surface area contributed by atoms with Crippen molar-refractivity contribution in [2.75, 3.05) is 6.54 Å². The van der Waals surface area contributed by atoms with Gasteiger partial charge in [-0.1, -0.05) is 42.4 Å². The van der Waals surface area contributed by atoms with Gasteiger partial charge in [-0.15, -0.1) is 0 Å². The molecule has 1 heterocycles. The first kappa shape index (κ1) is 16.5. The van der Waals surface area contributed by atoms with Crippen LogP contribution in [0.3, 0.4) is 0 Å². The van der Waals surface area contributed by atoms with Crippen LogP contribution in [-0.2, 0) is 6.42 Å². The fourth-order valence-electron chi connectivity index (χ4n) is 3.26. The summed E-state index contributed by atoms with van der Waals surface area (Å²) >= 11 is 6.00. The second-order valence-electron chi connectivity index (χ2n) is 6.09. The van der Waals surface area contributed by atoms with E-state index in [2.05, 4.69) is 17.6 Å². The van der Waals surface area contributed by atoms with Gasteiger partial charge in [0.25, 0.3) is 11.5 Å². The maximum absolute atomic E-state index is 13.0. The largest absolute Gasteiger partial charge is 0.326 e. The lowest BCUT2D eigenvalue weighted by Crippen LogP contribution is -2.38. The number of halogens is 1. The monoisotopic (exact) mass is 342 g/mol. The molecule has 1 atom stereocenters. The zero-order chi connectivity index (χ0) is 17.3. The number of nitrogens with zero attached hydrogens (tertiary/aromatic N) is 1. The van der Waals surface area contributed by atoms with E-state index in [-0.39, 0.29) is 29.6 Å². The van der Waals surface area contributed by atoms with Crippen molar-refractivity contribution in [3.63, 3.8) is 0 Å². The summed E-state index contributed by atoms with van der Waals surface area (Å²) in [6.45, 7) is 5.71. The standard InChI is InChI=1S/C19H19ClN2O2/c1-12(20)11-22(17-10-8-14-5-3-4-6-15(14)17)19(24)16-9-7-13(2)21-18(16)23/h3-7,9,17H,1,8,10-11H2,2H3,(H,21,23)/t17-/m0/s1. The van der Waals surface area contributed by atoms with Crippen molar-refractivity contribution in [3.8, 4) is 0 Å². The molecule has 124 valence electrons. The minimum absolute atomic E-state index is 0.0927. The van der Waals surface area contributed by atoms with E-state index < -0.39 is 0 Å². The summed E-state index contributed by atoms with van der Waals surface area (Å²) in [7, 11) is 0. The number of rotatable bonds is 4. The molecule has 4 nitrogen and oxygen atoms in total. The Hall–Kier alpha value is -2.33. The van der Waals surface area contributed by atoms with Gasteiger partial charge in [0.05, 0.1) is 12.6 Å². The van der Waals surface area contributed by atoms with E-state index in [9.17, 15) is 9.59 Å². The summed E-state index contributed by atoms with van der Waals surface area (Å²) in [4.78, 5) is 29.5. The van der Waals surface area contributed by atoms with Crippen LogP contribution in [0.1, 0.15) is 39.6 Å². The van der Waals surface area contributed by atoms with Crippen molar-refractivity contribution in [1.82, 2.24) is 9.88 Å². The highest BCUT2D eigenvalue weighted by atomic mass is 35.5. The molecule has 1 aliphatic rings. The number of fused-ring (bicyclic) bond motifs is 1. The molecule has 24 heavy (non-hydrogen) atoms. The molecule has 0 unspecified atom stereocenters. The van der Waals surface area contributed by atoms with Crippen LogP contribution in [0, 0.1) is 6.92 Å². The van der Waals surface area contributed by atoms with Gasteiger partial charge in [-0.05, 0) is 43.0 Å². The van der Waals surface area contributed by atoms with E-state index in [0.29, 0.717) is 5.03 Å². The number of benzene rings is 1. The number of hydrogen-bond acceptors (Lipinski definition) is 2. The fourth-order valence-corrected chi connectivity index (χ4v) is 3.39. The van der Waals surface area contributed by atoms with Crippen molar-refractivity contribution in [1.29, 1.82) is 0 Å². The zero-order valence-corrected chi connectivity index (χ0v) is 14.3. The van der Waals surface area contributed by atoms with E-state index in [1.54, 1.807) is 24.0 Å². The molecule has 5 heteroatoms. The van der Waals surface area contributed by atoms with Crippen LogP contribution in [0.2, 0.25) is 0 Å². The number of carbonyl (C=O) groups is 1. The number of aryl methyl sites for hydroxylation is 2. The maximum Gasteiger partial charge on any atom is 0.260 e. The molecule has 0 aliphatic heterocycles. The van der Waals surface area contributed by atoms with Gasteiger partial charge >= 0.3 is 0 Å². The Morgan fingerprint density at radius 3 is 2.79 bits per heavy atom. The Kier molecular flexibility index (Phi) is 4.58. The molecule has 1 aromatic heterocycles. The third-order valence-corrected chi connectivity index (χ3v) is 4.49. The quantitative estimate of drug-likeness (QED) is 0.923. The molecule has 0 saturated heterocycles. The van der Waals surface area contributed by atoms with Gasteiger partial charge in [-0.25, -0.2) is 0 Å². The van der Waals surface area contributed by atoms with Gasteiger partial charge in [0, 0.05) is 10.7 Å². The second kappa shape index (κ2) is 6.65. The summed E-state index contributed by atoms with van der Waals surface area (Å²) < 4.78 is 0. The molecule has 1 aliphatic carbocycles. The summed E-state index contributed by atoms with van der Waals surface area (Å²) in [5, 5.41) is 0.372. The number of hydrogen-bond donors (Lipinski definition) is 1. The Morgan fingerprint density at radius 2 is 2.08 bits per heavy atom. The van der Waals surface area contributed by atoms with Crippen molar-refractivity contribution in [2.24, 2.45) is 0 Å². The molecule has 0 fully saturated rings. The van der Waals surface area contributed by atoms with Gasteiger partial charge in [0.2, 0.25) is 0 Å². The number of pyridine rings is 1. The van der Waals surface area contributed by atoms with Crippen LogP contribution >= 0.6 is 11.6 Å². The smallest absolute Gasteiger partial charge is 0.260 e. The van der Waals surface area contributed by atoms with Crippen LogP contribution in [0.5, 0.6) is 0 Å². The molecule has 1 N–H and O–H groups in total. The summed E-state index contributed by atoms with van der Waals surface area (Å²) in [5.41, 5.74) is 2.82. The predicted octanol–water partition coefficient (Wildman–Crippen LogP) is 3.57. The Labute approximate surface area is 145 Å². The topological polar surface area (TPSA) is 53.2 Å². The van der Waals surface area contributed by atoms with Crippen molar-refractivity contribution >= 4 is 17.5 Å². The van der Waals surface area contributed by atoms with Crippen molar-refractivity contribution < 1.29 is 4.79 Å². The third kappa shape index (κ3) is 3.15. The molecular weight excluding hydrogens is 324 g/mol. The average molecular weight is 343 g/mol. The normalized spacial score (nSPS) is 15.8. The average Bonchev–Trinajstić information content (AvgIpc) is 2.96. The van der Waals surface area contributed by atoms with E-state index >= 15 is 0 Å². The van der Waals surface area contributed by atoms with Crippen LogP contribution in [-0.4, -0.2) is 22.3 Å². The fraction of sp³-hybridized carbons (Fsp3) is 0.263. The van der Waals surface area contributed by atoms with E-state index in [1.165, 1.54) is 5.56 Å². The first-order chi connectivity index (χ1) is 11.5. The van der Waals surface area contributed by atoms with Crippen LogP contribution < -0.4 is 5.56 Å². The van der Waals surface area contributed by atoms with Gasteiger partial charge in [-0.3, -0.25) is 9.59 Å². The second-order valence-corrected chi connectivity index (χ2v) is 6.62. The molecule has 0 saturated carbocycles. The molecule has 0 radical (unpaired) electrons. The molecule has 2 aromatic rings. The van der Waals surface area contributed by atoms with Crippen LogP contribution in [0.4, 0.5) is 0 Å². The molecule has 0 spiro atoms. The lowest BCUT2D eigenvalue weighted by molar-refractivity contribution is 0.0697. The Bertz CT molecular complexity index is 856. The molecule has 1 aromatic carbocycles. The molecular formula is C19H19ClN2O2. The van der Waals surface area contributed by atoms with Gasteiger partial charge in [0.15, 0.2) is 0 Å². The van der Waals surface area contributed by atoms with Gasteiger partial charge in [-0.2, -0.15) is 0 Å². The Balaban J connectivity index is 2.00. The number of aromatic amines is 1. The maximum atomic E-state index is 13.0. The number of nitrogens with one attached hydrogen (secondary N) is 1. The summed E-state index contributed by atoms with van der Waals surface area (Å²) in [6.07, 6.45) is 1.72. The summed E-state index contributed by atoms with van der Waals surface area (Å²) in [5.74, 6) is -0.320. The number of aromatic nitrogens is 1. The predicted molar refractivity (Wildman–Crippen MR) is 95.3 cm³/mol. The first-order valence-corrected chi connectivity index (χ1v) is 8.27. The number of H-pyrrole nitrogens is 1. The third-order valence-electron chi connectivity index (χ3n) is 4.37.